The molecule has 0 aliphatic carbocycles. The van der Waals surface area contributed by atoms with Crippen LogP contribution in [0, 0.1) is 5.92 Å². The van der Waals surface area contributed by atoms with E-state index in [1.54, 1.807) is 0 Å². The molecule has 1 aliphatic rings. The fourth-order valence-corrected chi connectivity index (χ4v) is 2.61. The molecule has 1 aliphatic heterocycles. The molecule has 0 bridgehead atoms. The van der Waals surface area contributed by atoms with E-state index < -0.39 is 0 Å². The summed E-state index contributed by atoms with van der Waals surface area (Å²) in [6.45, 7) is 6.36. The Bertz CT molecular complexity index is 680. The fraction of sp³-hybridized carbons (Fsp3) is 0.471. The highest BCUT2D eigenvalue weighted by Crippen LogP contribution is 2.29. The van der Waals surface area contributed by atoms with Crippen molar-refractivity contribution in [1.29, 1.82) is 0 Å². The molecule has 0 saturated carbocycles. The minimum atomic E-state index is 0.253. The van der Waals surface area contributed by atoms with Gasteiger partial charge in [-0.3, -0.25) is 0 Å². The number of anilines is 1. The molecule has 0 radical (unpaired) electrons. The lowest BCUT2D eigenvalue weighted by Crippen LogP contribution is -2.19. The smallest absolute Gasteiger partial charge is 0.298 e. The number of fused-ring (bicyclic) bond motifs is 1. The Kier molecular flexibility index (Phi) is 4.32. The number of aromatic nitrogens is 1. The topological polar surface area (TPSA) is 38.5 Å². The van der Waals surface area contributed by atoms with Crippen molar-refractivity contribution < 1.29 is 13.5 Å². The van der Waals surface area contributed by atoms with Crippen molar-refractivity contribution in [2.24, 2.45) is 5.92 Å². The molecule has 1 saturated heterocycles. The zero-order valence-electron chi connectivity index (χ0n) is 13.0. The van der Waals surface area contributed by atoms with E-state index in [1.807, 2.05) is 25.1 Å². The Labute approximate surface area is 129 Å². The molecule has 1 aromatic carbocycles. The van der Waals surface area contributed by atoms with Crippen molar-refractivity contribution in [1.82, 2.24) is 4.98 Å². The molecule has 3 rings (SSSR count). The first-order chi connectivity index (χ1) is 10.7. The first-order valence-corrected chi connectivity index (χ1v) is 7.76. The van der Waals surface area contributed by atoms with E-state index in [0.29, 0.717) is 41.6 Å². The Morgan fingerprint density at radius 2 is 2.41 bits per heavy atom. The molecule has 0 amide bonds. The second-order valence-electron chi connectivity index (χ2n) is 5.88. The third kappa shape index (κ3) is 3.08. The van der Waals surface area contributed by atoms with Crippen LogP contribution in [0.15, 0.2) is 34.5 Å². The minimum Gasteiger partial charge on any atom is -0.489 e. The molecule has 22 heavy (non-hydrogen) atoms. The average Bonchev–Trinajstić information content (AvgIpc) is 3.13. The van der Waals surface area contributed by atoms with Crippen LogP contribution in [0.1, 0.15) is 26.7 Å². The van der Waals surface area contributed by atoms with Gasteiger partial charge in [-0.25, -0.2) is 4.39 Å². The van der Waals surface area contributed by atoms with Crippen molar-refractivity contribution in [2.45, 2.75) is 26.7 Å². The monoisotopic (exact) mass is 304 g/mol. The van der Waals surface area contributed by atoms with Gasteiger partial charge in [0.15, 0.2) is 5.58 Å². The van der Waals surface area contributed by atoms with Crippen LogP contribution < -0.4 is 9.64 Å². The fourth-order valence-electron chi connectivity index (χ4n) is 2.61. The molecule has 1 aromatic heterocycles. The predicted octanol–water partition coefficient (Wildman–Crippen LogP) is 4.32. The SMILES string of the molecule is CC/C(=C\F)COc1ccc2nc(N3CCC(C)C3)oc2c1. The summed E-state index contributed by atoms with van der Waals surface area (Å²) in [5.74, 6) is 1.34. The normalized spacial score (nSPS) is 19.1. The van der Waals surface area contributed by atoms with Gasteiger partial charge in [0.05, 0.1) is 6.33 Å². The van der Waals surface area contributed by atoms with E-state index >= 15 is 0 Å². The lowest BCUT2D eigenvalue weighted by Gasteiger charge is -2.11. The van der Waals surface area contributed by atoms with Gasteiger partial charge in [0, 0.05) is 19.2 Å². The van der Waals surface area contributed by atoms with Gasteiger partial charge in [-0.05, 0) is 36.5 Å². The van der Waals surface area contributed by atoms with Gasteiger partial charge in [-0.1, -0.05) is 13.8 Å². The summed E-state index contributed by atoms with van der Waals surface area (Å²) in [4.78, 5) is 6.70. The van der Waals surface area contributed by atoms with Crippen molar-refractivity contribution in [3.05, 3.63) is 30.1 Å². The Morgan fingerprint density at radius 1 is 1.55 bits per heavy atom. The molecule has 1 fully saturated rings. The summed E-state index contributed by atoms with van der Waals surface area (Å²) in [5, 5.41) is 0. The number of ether oxygens (including phenoxy) is 1. The molecule has 2 heterocycles. The maximum absolute atomic E-state index is 12.5. The van der Waals surface area contributed by atoms with Crippen molar-refractivity contribution in [3.8, 4) is 5.75 Å². The minimum absolute atomic E-state index is 0.253. The van der Waals surface area contributed by atoms with Crippen LogP contribution in [-0.4, -0.2) is 24.7 Å². The summed E-state index contributed by atoms with van der Waals surface area (Å²) < 4.78 is 24.0. The predicted molar refractivity (Wildman–Crippen MR) is 85.0 cm³/mol. The number of hydrogen-bond acceptors (Lipinski definition) is 4. The third-order valence-electron chi connectivity index (χ3n) is 4.08. The summed E-state index contributed by atoms with van der Waals surface area (Å²) >= 11 is 0. The Balaban J connectivity index is 1.75. The van der Waals surface area contributed by atoms with E-state index in [4.69, 9.17) is 9.15 Å². The standard InChI is InChI=1S/C17H21FN2O2/c1-3-13(9-18)11-21-14-4-5-15-16(8-14)22-17(19-15)20-7-6-12(2)10-20/h4-5,8-9,12H,3,6-7,10-11H2,1-2H3/b13-9+. The maximum Gasteiger partial charge on any atom is 0.298 e. The van der Waals surface area contributed by atoms with Crippen LogP contribution in [0.2, 0.25) is 0 Å². The quantitative estimate of drug-likeness (QED) is 0.824. The van der Waals surface area contributed by atoms with Gasteiger partial charge < -0.3 is 14.1 Å². The van der Waals surface area contributed by atoms with Crippen molar-refractivity contribution in [3.63, 3.8) is 0 Å². The van der Waals surface area contributed by atoms with Crippen molar-refractivity contribution in [2.75, 3.05) is 24.6 Å². The van der Waals surface area contributed by atoms with Gasteiger partial charge in [-0.2, -0.15) is 4.98 Å². The molecule has 0 N–H and O–H groups in total. The molecule has 5 heteroatoms. The third-order valence-corrected chi connectivity index (χ3v) is 4.08. The van der Waals surface area contributed by atoms with E-state index in [1.165, 1.54) is 6.42 Å². The summed E-state index contributed by atoms with van der Waals surface area (Å²) in [6.07, 6.45) is 2.42. The van der Waals surface area contributed by atoms with Gasteiger partial charge in [-0.15, -0.1) is 0 Å². The molecule has 1 atom stereocenters. The molecule has 0 spiro atoms. The highest BCUT2D eigenvalue weighted by molar-refractivity contribution is 5.76. The van der Waals surface area contributed by atoms with Crippen molar-refractivity contribution >= 4 is 17.1 Å². The number of hydrogen-bond donors (Lipinski definition) is 0. The second kappa shape index (κ2) is 6.38. The van der Waals surface area contributed by atoms with E-state index in [0.717, 1.165) is 18.6 Å². The van der Waals surface area contributed by atoms with Crippen LogP contribution >= 0.6 is 0 Å². The Morgan fingerprint density at radius 3 is 3.09 bits per heavy atom. The maximum atomic E-state index is 12.5. The van der Waals surface area contributed by atoms with Crippen LogP contribution in [0.25, 0.3) is 11.1 Å². The lowest BCUT2D eigenvalue weighted by molar-refractivity contribution is 0.345. The summed E-state index contributed by atoms with van der Waals surface area (Å²) in [6, 6.07) is 6.21. The zero-order chi connectivity index (χ0) is 15.5. The summed E-state index contributed by atoms with van der Waals surface area (Å²) in [5.41, 5.74) is 2.15. The van der Waals surface area contributed by atoms with E-state index in [9.17, 15) is 4.39 Å². The van der Waals surface area contributed by atoms with E-state index in [-0.39, 0.29) is 6.61 Å². The van der Waals surface area contributed by atoms with Crippen LogP contribution in [0.4, 0.5) is 10.4 Å². The van der Waals surface area contributed by atoms with Gasteiger partial charge >= 0.3 is 0 Å². The van der Waals surface area contributed by atoms with Gasteiger partial charge in [0.1, 0.15) is 17.9 Å². The molecule has 4 nitrogen and oxygen atoms in total. The average molecular weight is 304 g/mol. The highest BCUT2D eigenvalue weighted by Gasteiger charge is 2.23. The van der Waals surface area contributed by atoms with Gasteiger partial charge in [0.25, 0.3) is 6.01 Å². The number of oxazole rings is 1. The zero-order valence-corrected chi connectivity index (χ0v) is 13.0. The number of nitrogens with zero attached hydrogens (tertiary/aromatic N) is 2. The first-order valence-electron chi connectivity index (χ1n) is 7.76. The van der Waals surface area contributed by atoms with Gasteiger partial charge in [0.2, 0.25) is 0 Å². The van der Waals surface area contributed by atoms with Crippen LogP contribution in [0.3, 0.4) is 0 Å². The largest absolute Gasteiger partial charge is 0.489 e. The summed E-state index contributed by atoms with van der Waals surface area (Å²) in [7, 11) is 0. The number of rotatable bonds is 5. The molecular weight excluding hydrogens is 283 g/mol. The Hall–Kier alpha value is -2.04. The van der Waals surface area contributed by atoms with Crippen LogP contribution in [0.5, 0.6) is 5.75 Å². The highest BCUT2D eigenvalue weighted by atomic mass is 19.1. The molecular formula is C17H21FN2O2. The lowest BCUT2D eigenvalue weighted by atomic mass is 10.2. The first kappa shape index (κ1) is 14.9. The second-order valence-corrected chi connectivity index (χ2v) is 5.88. The van der Waals surface area contributed by atoms with E-state index in [2.05, 4.69) is 16.8 Å². The van der Waals surface area contributed by atoms with Crippen LogP contribution in [-0.2, 0) is 0 Å². The molecule has 2 aromatic rings. The molecule has 118 valence electrons. The molecule has 1 unspecified atom stereocenters. The number of halogens is 1. The number of benzene rings is 1.